The van der Waals surface area contributed by atoms with Crippen molar-refractivity contribution >= 4 is 5.78 Å². The number of phenols is 1. The number of Topliss-reactive ketones (excluding diaryl/α,β-unsaturated/α-hetero) is 1. The second-order valence-corrected chi connectivity index (χ2v) is 4.27. The molecule has 98 valence electrons. The van der Waals surface area contributed by atoms with Crippen LogP contribution in [0.5, 0.6) is 17.2 Å². The molecule has 2 rings (SSSR count). The lowest BCUT2D eigenvalue weighted by Gasteiger charge is -2.08. The molecule has 0 aromatic heterocycles. The second-order valence-electron chi connectivity index (χ2n) is 4.27. The van der Waals surface area contributed by atoms with Crippen molar-refractivity contribution in [1.29, 1.82) is 0 Å². The topological polar surface area (TPSA) is 46.5 Å². The van der Waals surface area contributed by atoms with Crippen LogP contribution in [0.1, 0.15) is 30.1 Å². The van der Waals surface area contributed by atoms with Crippen LogP contribution >= 0.6 is 0 Å². The molecule has 0 bridgehead atoms. The second kappa shape index (κ2) is 6.05. The van der Waals surface area contributed by atoms with Crippen molar-refractivity contribution in [2.24, 2.45) is 0 Å². The number of hydrogen-bond acceptors (Lipinski definition) is 3. The summed E-state index contributed by atoms with van der Waals surface area (Å²) in [4.78, 5) is 11.7. The fraction of sp³-hybridized carbons (Fsp3) is 0.188. The molecule has 0 aliphatic rings. The number of phenolic OH excluding ortho intramolecular Hbond substituents is 1. The smallest absolute Gasteiger partial charge is 0.166 e. The molecule has 0 saturated carbocycles. The summed E-state index contributed by atoms with van der Waals surface area (Å²) in [6.45, 7) is 1.93. The predicted molar refractivity (Wildman–Crippen MR) is 73.9 cm³/mol. The Morgan fingerprint density at radius 1 is 1.11 bits per heavy atom. The van der Waals surface area contributed by atoms with Crippen molar-refractivity contribution in [1.82, 2.24) is 0 Å². The predicted octanol–water partition coefficient (Wildman–Crippen LogP) is 4.17. The van der Waals surface area contributed by atoms with Crippen LogP contribution in [0, 0.1) is 0 Å². The van der Waals surface area contributed by atoms with Crippen molar-refractivity contribution in [3.63, 3.8) is 0 Å². The summed E-state index contributed by atoms with van der Waals surface area (Å²) in [7, 11) is 0. The Balaban J connectivity index is 2.17. The molecule has 0 fully saturated rings. The average Bonchev–Trinajstić information content (AvgIpc) is 2.40. The lowest BCUT2D eigenvalue weighted by molar-refractivity contribution is 0.0979. The number of ketones is 1. The van der Waals surface area contributed by atoms with Crippen LogP contribution in [-0.2, 0) is 0 Å². The molecule has 0 heterocycles. The summed E-state index contributed by atoms with van der Waals surface area (Å²) in [6.07, 6.45) is 1.20. The average molecular weight is 256 g/mol. The summed E-state index contributed by atoms with van der Waals surface area (Å²) in [5, 5.41) is 9.87. The van der Waals surface area contributed by atoms with Crippen molar-refractivity contribution in [3.8, 4) is 17.2 Å². The van der Waals surface area contributed by atoms with Gasteiger partial charge in [-0.2, -0.15) is 0 Å². The van der Waals surface area contributed by atoms with Gasteiger partial charge in [0.05, 0.1) is 5.56 Å². The molecule has 0 aliphatic carbocycles. The van der Waals surface area contributed by atoms with Gasteiger partial charge in [-0.3, -0.25) is 4.79 Å². The maximum absolute atomic E-state index is 11.7. The molecule has 1 N–H and O–H groups in total. The molecule has 0 amide bonds. The molecule has 0 spiro atoms. The summed E-state index contributed by atoms with van der Waals surface area (Å²) >= 11 is 0. The summed E-state index contributed by atoms with van der Waals surface area (Å²) in [5.74, 6) is 1.12. The van der Waals surface area contributed by atoms with E-state index in [2.05, 4.69) is 0 Å². The van der Waals surface area contributed by atoms with Crippen LogP contribution in [0.25, 0.3) is 0 Å². The van der Waals surface area contributed by atoms with Gasteiger partial charge in [-0.15, -0.1) is 0 Å². The van der Waals surface area contributed by atoms with Crippen LogP contribution in [0.2, 0.25) is 0 Å². The first kappa shape index (κ1) is 13.1. The van der Waals surface area contributed by atoms with Crippen LogP contribution in [0.3, 0.4) is 0 Å². The van der Waals surface area contributed by atoms with Crippen molar-refractivity contribution in [2.45, 2.75) is 19.8 Å². The zero-order valence-electron chi connectivity index (χ0n) is 10.8. The summed E-state index contributed by atoms with van der Waals surface area (Å²) in [6, 6.07) is 14.1. The Bertz CT molecular complexity index is 561. The zero-order chi connectivity index (χ0) is 13.7. The Hall–Kier alpha value is -2.29. The number of carbonyl (C=O) groups is 1. The lowest BCUT2D eigenvalue weighted by Crippen LogP contribution is -1.98. The molecule has 3 heteroatoms. The Morgan fingerprint density at radius 2 is 1.84 bits per heavy atom. The number of para-hydroxylation sites is 1. The molecule has 0 aliphatic heterocycles. The van der Waals surface area contributed by atoms with Crippen LogP contribution < -0.4 is 4.74 Å². The van der Waals surface area contributed by atoms with Gasteiger partial charge in [0, 0.05) is 12.5 Å². The van der Waals surface area contributed by atoms with Crippen molar-refractivity contribution in [3.05, 3.63) is 54.1 Å². The molecule has 2 aromatic carbocycles. The fourth-order valence-corrected chi connectivity index (χ4v) is 1.80. The highest BCUT2D eigenvalue weighted by molar-refractivity contribution is 5.98. The van der Waals surface area contributed by atoms with E-state index in [4.69, 9.17) is 4.74 Å². The minimum Gasteiger partial charge on any atom is -0.507 e. The molecular weight excluding hydrogens is 240 g/mol. The minimum atomic E-state index is -0.0498. The highest BCUT2D eigenvalue weighted by Gasteiger charge is 2.11. The summed E-state index contributed by atoms with van der Waals surface area (Å²) in [5.41, 5.74) is 0.349. The Labute approximate surface area is 112 Å². The Kier molecular flexibility index (Phi) is 4.18. The number of aromatic hydroxyl groups is 1. The van der Waals surface area contributed by atoms with E-state index in [-0.39, 0.29) is 11.5 Å². The molecule has 2 aromatic rings. The van der Waals surface area contributed by atoms with E-state index >= 15 is 0 Å². The SMILES string of the molecule is CCCC(=O)c1ccc(Oc2ccccc2)cc1O. The highest BCUT2D eigenvalue weighted by atomic mass is 16.5. The Morgan fingerprint density at radius 3 is 2.47 bits per heavy atom. The van der Waals surface area contributed by atoms with E-state index in [1.165, 1.54) is 6.07 Å². The minimum absolute atomic E-state index is 0.0353. The first-order valence-electron chi connectivity index (χ1n) is 6.30. The van der Waals surface area contributed by atoms with Gasteiger partial charge in [-0.25, -0.2) is 0 Å². The summed E-state index contributed by atoms with van der Waals surface area (Å²) < 4.78 is 5.58. The third-order valence-corrected chi connectivity index (χ3v) is 2.73. The van der Waals surface area contributed by atoms with Gasteiger partial charge in [-0.1, -0.05) is 25.1 Å². The van der Waals surface area contributed by atoms with Gasteiger partial charge in [0.25, 0.3) is 0 Å². The third-order valence-electron chi connectivity index (χ3n) is 2.73. The fourth-order valence-electron chi connectivity index (χ4n) is 1.80. The van der Waals surface area contributed by atoms with Gasteiger partial charge >= 0.3 is 0 Å². The molecule has 0 saturated heterocycles. The lowest BCUT2D eigenvalue weighted by atomic mass is 10.1. The van der Waals surface area contributed by atoms with E-state index in [9.17, 15) is 9.90 Å². The largest absolute Gasteiger partial charge is 0.507 e. The van der Waals surface area contributed by atoms with E-state index in [0.717, 1.165) is 6.42 Å². The number of rotatable bonds is 5. The van der Waals surface area contributed by atoms with E-state index in [1.54, 1.807) is 12.1 Å². The maximum Gasteiger partial charge on any atom is 0.166 e. The molecule has 0 atom stereocenters. The first-order valence-corrected chi connectivity index (χ1v) is 6.30. The number of ether oxygens (including phenoxy) is 1. The number of benzene rings is 2. The molecule has 19 heavy (non-hydrogen) atoms. The van der Waals surface area contributed by atoms with E-state index in [0.29, 0.717) is 23.5 Å². The van der Waals surface area contributed by atoms with Gasteiger partial charge in [0.1, 0.15) is 17.2 Å². The molecular formula is C16H16O3. The number of hydrogen-bond donors (Lipinski definition) is 1. The van der Waals surface area contributed by atoms with Gasteiger partial charge in [0.15, 0.2) is 5.78 Å². The van der Waals surface area contributed by atoms with Gasteiger partial charge in [-0.05, 0) is 30.7 Å². The number of carbonyl (C=O) groups excluding carboxylic acids is 1. The first-order chi connectivity index (χ1) is 9.20. The van der Waals surface area contributed by atoms with Crippen molar-refractivity contribution in [2.75, 3.05) is 0 Å². The molecule has 3 nitrogen and oxygen atoms in total. The third kappa shape index (κ3) is 3.35. The van der Waals surface area contributed by atoms with Crippen molar-refractivity contribution < 1.29 is 14.6 Å². The zero-order valence-corrected chi connectivity index (χ0v) is 10.8. The van der Waals surface area contributed by atoms with Gasteiger partial charge < -0.3 is 9.84 Å². The van der Waals surface area contributed by atoms with Crippen LogP contribution in [0.15, 0.2) is 48.5 Å². The normalized spacial score (nSPS) is 10.2. The maximum atomic E-state index is 11.7. The standard InChI is InChI=1S/C16H16O3/c1-2-6-15(17)14-10-9-13(11-16(14)18)19-12-7-4-3-5-8-12/h3-5,7-11,18H,2,6H2,1H3. The quantitative estimate of drug-likeness (QED) is 0.817. The van der Waals surface area contributed by atoms with Crippen LogP contribution in [0.4, 0.5) is 0 Å². The molecule has 0 unspecified atom stereocenters. The monoisotopic (exact) mass is 256 g/mol. The highest BCUT2D eigenvalue weighted by Crippen LogP contribution is 2.28. The van der Waals surface area contributed by atoms with E-state index in [1.807, 2.05) is 37.3 Å². The van der Waals surface area contributed by atoms with Gasteiger partial charge in [0.2, 0.25) is 0 Å². The molecule has 0 radical (unpaired) electrons. The van der Waals surface area contributed by atoms with Crippen LogP contribution in [-0.4, -0.2) is 10.9 Å². The van der Waals surface area contributed by atoms with E-state index < -0.39 is 0 Å².